The summed E-state index contributed by atoms with van der Waals surface area (Å²) in [5.41, 5.74) is 2.30. The van der Waals surface area contributed by atoms with E-state index in [0.29, 0.717) is 11.5 Å². The minimum atomic E-state index is -0.465. The Morgan fingerprint density at radius 2 is 1.96 bits per heavy atom. The second-order valence-electron chi connectivity index (χ2n) is 5.07. The highest BCUT2D eigenvalue weighted by molar-refractivity contribution is 5.56. The molecule has 1 aromatic heterocycles. The molecule has 0 saturated heterocycles. The molecular formula is C17H14N2O4. The van der Waals surface area contributed by atoms with E-state index in [1.165, 1.54) is 6.07 Å². The molecule has 0 saturated carbocycles. The maximum absolute atomic E-state index is 11.0. The van der Waals surface area contributed by atoms with Gasteiger partial charge in [-0.25, -0.2) is 0 Å². The second kappa shape index (κ2) is 6.31. The van der Waals surface area contributed by atoms with Crippen LogP contribution in [0.4, 0.5) is 5.69 Å². The molecule has 0 aliphatic rings. The van der Waals surface area contributed by atoms with Crippen LogP contribution in [0.5, 0.6) is 5.75 Å². The van der Waals surface area contributed by atoms with Gasteiger partial charge in [0.25, 0.3) is 0 Å². The van der Waals surface area contributed by atoms with Gasteiger partial charge in [0.2, 0.25) is 0 Å². The van der Waals surface area contributed by atoms with Crippen LogP contribution in [0.2, 0.25) is 0 Å². The van der Waals surface area contributed by atoms with Crippen LogP contribution in [0.15, 0.2) is 59.1 Å². The predicted octanol–water partition coefficient (Wildman–Crippen LogP) is 4.14. The molecule has 3 aromatic rings. The highest BCUT2D eigenvalue weighted by Gasteiger charge is 2.16. The van der Waals surface area contributed by atoms with Crippen LogP contribution in [0.3, 0.4) is 0 Å². The van der Waals surface area contributed by atoms with Crippen LogP contribution in [0.1, 0.15) is 11.3 Å². The van der Waals surface area contributed by atoms with Crippen LogP contribution >= 0.6 is 0 Å². The summed E-state index contributed by atoms with van der Waals surface area (Å²) < 4.78 is 10.8. The Hall–Kier alpha value is -3.15. The number of aromatic nitrogens is 1. The maximum atomic E-state index is 11.0. The van der Waals surface area contributed by atoms with Crippen molar-refractivity contribution in [2.75, 3.05) is 0 Å². The minimum Gasteiger partial charge on any atom is -0.480 e. The summed E-state index contributed by atoms with van der Waals surface area (Å²) >= 11 is 0. The monoisotopic (exact) mass is 310 g/mol. The Morgan fingerprint density at radius 3 is 2.70 bits per heavy atom. The van der Waals surface area contributed by atoms with E-state index in [0.717, 1.165) is 11.1 Å². The van der Waals surface area contributed by atoms with Gasteiger partial charge in [-0.2, -0.15) is 0 Å². The number of aryl methyl sites for hydroxylation is 1. The van der Waals surface area contributed by atoms with Gasteiger partial charge < -0.3 is 9.26 Å². The molecular weight excluding hydrogens is 296 g/mol. The smallest absolute Gasteiger partial charge is 0.310 e. The molecule has 0 radical (unpaired) electrons. The van der Waals surface area contributed by atoms with Crippen LogP contribution in [-0.2, 0) is 6.61 Å². The summed E-state index contributed by atoms with van der Waals surface area (Å²) in [6.07, 6.45) is 0. The molecule has 0 N–H and O–H groups in total. The van der Waals surface area contributed by atoms with Gasteiger partial charge in [0, 0.05) is 17.7 Å². The molecule has 0 bridgehead atoms. The molecule has 0 atom stereocenters. The summed E-state index contributed by atoms with van der Waals surface area (Å²) in [6.45, 7) is 1.95. The Bertz CT molecular complexity index is 828. The molecule has 0 unspecified atom stereocenters. The van der Waals surface area contributed by atoms with Crippen molar-refractivity contribution in [2.24, 2.45) is 0 Å². The fraction of sp³-hybridized carbons (Fsp3) is 0.118. The molecule has 0 amide bonds. The van der Waals surface area contributed by atoms with Gasteiger partial charge in [0.1, 0.15) is 12.3 Å². The van der Waals surface area contributed by atoms with E-state index in [1.54, 1.807) is 18.2 Å². The molecule has 0 spiro atoms. The minimum absolute atomic E-state index is 0.0672. The zero-order valence-corrected chi connectivity index (χ0v) is 12.4. The zero-order chi connectivity index (χ0) is 16.2. The number of nitro benzene ring substituents is 1. The summed E-state index contributed by atoms with van der Waals surface area (Å²) in [4.78, 5) is 10.6. The van der Waals surface area contributed by atoms with Crippen molar-refractivity contribution in [2.45, 2.75) is 13.5 Å². The number of ether oxygens (including phenoxy) is 1. The molecule has 0 fully saturated rings. The molecule has 116 valence electrons. The molecule has 6 nitrogen and oxygen atoms in total. The average Bonchev–Trinajstić information content (AvgIpc) is 3.02. The average molecular weight is 310 g/mol. The van der Waals surface area contributed by atoms with Crippen molar-refractivity contribution in [3.63, 3.8) is 0 Å². The predicted molar refractivity (Wildman–Crippen MR) is 84.1 cm³/mol. The fourth-order valence-corrected chi connectivity index (χ4v) is 2.16. The summed E-state index contributed by atoms with van der Waals surface area (Å²) in [5.74, 6) is 0.849. The lowest BCUT2D eigenvalue weighted by Gasteiger charge is -2.05. The van der Waals surface area contributed by atoms with Gasteiger partial charge in [-0.05, 0) is 18.6 Å². The van der Waals surface area contributed by atoms with E-state index >= 15 is 0 Å². The first kappa shape index (κ1) is 14.8. The van der Waals surface area contributed by atoms with Crippen molar-refractivity contribution in [3.8, 4) is 17.1 Å². The largest absolute Gasteiger partial charge is 0.480 e. The molecule has 23 heavy (non-hydrogen) atoms. The maximum Gasteiger partial charge on any atom is 0.310 e. The molecule has 1 heterocycles. The lowest BCUT2D eigenvalue weighted by Crippen LogP contribution is -1.99. The van der Waals surface area contributed by atoms with Crippen LogP contribution in [0.25, 0.3) is 11.3 Å². The topological polar surface area (TPSA) is 78.4 Å². The first-order valence-corrected chi connectivity index (χ1v) is 7.02. The van der Waals surface area contributed by atoms with E-state index in [-0.39, 0.29) is 18.0 Å². The summed E-state index contributed by atoms with van der Waals surface area (Å²) in [7, 11) is 0. The van der Waals surface area contributed by atoms with E-state index in [2.05, 4.69) is 5.16 Å². The second-order valence-corrected chi connectivity index (χ2v) is 5.07. The van der Waals surface area contributed by atoms with Gasteiger partial charge in [-0.3, -0.25) is 10.1 Å². The third-order valence-electron chi connectivity index (χ3n) is 3.30. The molecule has 0 aliphatic carbocycles. The third kappa shape index (κ3) is 3.37. The van der Waals surface area contributed by atoms with Gasteiger partial charge in [-0.15, -0.1) is 0 Å². The lowest BCUT2D eigenvalue weighted by molar-refractivity contribution is -0.386. The highest BCUT2D eigenvalue weighted by atomic mass is 16.6. The van der Waals surface area contributed by atoms with Crippen molar-refractivity contribution in [1.82, 2.24) is 5.16 Å². The fourth-order valence-electron chi connectivity index (χ4n) is 2.16. The molecule has 3 rings (SSSR count). The summed E-state index contributed by atoms with van der Waals surface area (Å²) in [6, 6.07) is 16.1. The van der Waals surface area contributed by atoms with E-state index in [4.69, 9.17) is 9.26 Å². The SMILES string of the molecule is Cc1ccc([N+](=O)[O-])c(OCc2cc(-c3ccccc3)on2)c1. The third-order valence-corrected chi connectivity index (χ3v) is 3.30. The van der Waals surface area contributed by atoms with Gasteiger partial charge in [0.05, 0.1) is 4.92 Å². The molecule has 6 heteroatoms. The Kier molecular flexibility index (Phi) is 4.05. The number of hydrogen-bond acceptors (Lipinski definition) is 5. The van der Waals surface area contributed by atoms with E-state index in [9.17, 15) is 10.1 Å². The van der Waals surface area contributed by atoms with Gasteiger partial charge in [0.15, 0.2) is 11.5 Å². The number of nitro groups is 1. The Labute approximate surface area is 132 Å². The lowest BCUT2D eigenvalue weighted by atomic mass is 10.2. The first-order chi connectivity index (χ1) is 11.1. The van der Waals surface area contributed by atoms with Crippen LogP contribution in [-0.4, -0.2) is 10.1 Å². The normalized spacial score (nSPS) is 10.5. The van der Waals surface area contributed by atoms with Gasteiger partial charge >= 0.3 is 5.69 Å². The van der Waals surface area contributed by atoms with Crippen LogP contribution < -0.4 is 4.74 Å². The van der Waals surface area contributed by atoms with Crippen molar-refractivity contribution in [3.05, 3.63) is 76.0 Å². The van der Waals surface area contributed by atoms with E-state index in [1.807, 2.05) is 37.3 Å². The zero-order valence-electron chi connectivity index (χ0n) is 12.4. The highest BCUT2D eigenvalue weighted by Crippen LogP contribution is 2.29. The standard InChI is InChI=1S/C17H14N2O4/c1-12-7-8-15(19(20)21)17(9-12)22-11-14-10-16(23-18-14)13-5-3-2-4-6-13/h2-10H,11H2,1H3. The Morgan fingerprint density at radius 1 is 1.17 bits per heavy atom. The number of benzene rings is 2. The Balaban J connectivity index is 1.76. The molecule has 2 aromatic carbocycles. The van der Waals surface area contributed by atoms with Crippen molar-refractivity contribution >= 4 is 5.69 Å². The van der Waals surface area contributed by atoms with E-state index < -0.39 is 4.92 Å². The number of nitrogens with zero attached hydrogens (tertiary/aromatic N) is 2. The number of rotatable bonds is 5. The molecule has 0 aliphatic heterocycles. The van der Waals surface area contributed by atoms with Crippen LogP contribution in [0, 0.1) is 17.0 Å². The van der Waals surface area contributed by atoms with Crippen molar-refractivity contribution in [1.29, 1.82) is 0 Å². The first-order valence-electron chi connectivity index (χ1n) is 7.02. The summed E-state index contributed by atoms with van der Waals surface area (Å²) in [5, 5.41) is 15.0. The number of hydrogen-bond donors (Lipinski definition) is 0. The van der Waals surface area contributed by atoms with Crippen molar-refractivity contribution < 1.29 is 14.2 Å². The quantitative estimate of drug-likeness (QED) is 0.523. The van der Waals surface area contributed by atoms with Gasteiger partial charge in [-0.1, -0.05) is 41.6 Å².